The highest BCUT2D eigenvalue weighted by Gasteiger charge is 1.97. The van der Waals surface area contributed by atoms with Crippen LogP contribution in [-0.4, -0.2) is 14.2 Å². The van der Waals surface area contributed by atoms with E-state index < -0.39 is 0 Å². The molecule has 2 nitrogen and oxygen atoms in total. The summed E-state index contributed by atoms with van der Waals surface area (Å²) in [6.07, 6.45) is 1.85. The third-order valence-corrected chi connectivity index (χ3v) is 4.00. The van der Waals surface area contributed by atoms with Crippen molar-refractivity contribution in [3.63, 3.8) is 0 Å². The minimum absolute atomic E-state index is 0.787. The van der Waals surface area contributed by atoms with Crippen LogP contribution >= 0.6 is 0 Å². The van der Waals surface area contributed by atoms with Crippen molar-refractivity contribution in [1.82, 2.24) is 0 Å². The first kappa shape index (κ1) is 18.9. The summed E-state index contributed by atoms with van der Waals surface area (Å²) < 4.78 is 10.5. The topological polar surface area (TPSA) is 18.5 Å². The minimum atomic E-state index is 0.787. The Hall–Kier alpha value is -3.88. The van der Waals surface area contributed by atoms with E-state index in [2.05, 4.69) is 23.7 Å². The minimum Gasteiger partial charge on any atom is -0.497 e. The molecule has 0 radical (unpaired) electrons. The molecule has 0 atom stereocenters. The zero-order valence-corrected chi connectivity index (χ0v) is 15.9. The Morgan fingerprint density at radius 3 is 1.93 bits per heavy atom. The molecule has 0 aliphatic rings. The molecule has 0 bridgehead atoms. The van der Waals surface area contributed by atoms with Crippen molar-refractivity contribution in [3.05, 3.63) is 102 Å². The van der Waals surface area contributed by atoms with Crippen molar-refractivity contribution >= 4 is 5.57 Å². The molecule has 136 valence electrons. The number of hydrogen-bond donors (Lipinski definition) is 0. The quantitative estimate of drug-likeness (QED) is 0.596. The van der Waals surface area contributed by atoms with Gasteiger partial charge in [0.2, 0.25) is 0 Å². The van der Waals surface area contributed by atoms with Gasteiger partial charge in [-0.15, -0.1) is 0 Å². The van der Waals surface area contributed by atoms with E-state index in [4.69, 9.17) is 9.47 Å². The molecule has 0 aliphatic heterocycles. The van der Waals surface area contributed by atoms with Gasteiger partial charge in [-0.05, 0) is 42.0 Å². The average Bonchev–Trinajstić information content (AvgIpc) is 2.77. The summed E-state index contributed by atoms with van der Waals surface area (Å²) in [5.41, 5.74) is 3.67. The monoisotopic (exact) mass is 364 g/mol. The lowest BCUT2D eigenvalue weighted by Gasteiger charge is -2.00. The van der Waals surface area contributed by atoms with E-state index in [0.29, 0.717) is 0 Å². The van der Waals surface area contributed by atoms with Crippen LogP contribution in [0.1, 0.15) is 16.7 Å². The second-order valence-electron chi connectivity index (χ2n) is 5.91. The zero-order chi connectivity index (χ0) is 19.6. The molecule has 2 heteroatoms. The third kappa shape index (κ3) is 5.31. The van der Waals surface area contributed by atoms with Gasteiger partial charge in [0.1, 0.15) is 11.5 Å². The van der Waals surface area contributed by atoms with Gasteiger partial charge in [-0.2, -0.15) is 0 Å². The van der Waals surface area contributed by atoms with Crippen molar-refractivity contribution in [2.75, 3.05) is 14.2 Å². The fraction of sp³-hybridized carbons (Fsp3) is 0.0769. The summed E-state index contributed by atoms with van der Waals surface area (Å²) in [5.74, 6) is 14.3. The Labute approximate surface area is 166 Å². The molecule has 28 heavy (non-hydrogen) atoms. The number of rotatable bonds is 3. The first-order valence-corrected chi connectivity index (χ1v) is 8.86. The molecule has 0 aromatic heterocycles. The predicted octanol–water partition coefficient (Wildman–Crippen LogP) is 5.19. The second-order valence-corrected chi connectivity index (χ2v) is 5.91. The first-order valence-electron chi connectivity index (χ1n) is 8.86. The molecule has 0 saturated carbocycles. The molecule has 3 aromatic rings. The number of hydrogen-bond acceptors (Lipinski definition) is 2. The predicted molar refractivity (Wildman–Crippen MR) is 114 cm³/mol. The van der Waals surface area contributed by atoms with E-state index in [1.807, 2.05) is 84.9 Å². The molecule has 0 unspecified atom stereocenters. The van der Waals surface area contributed by atoms with Gasteiger partial charge in [0.05, 0.1) is 14.2 Å². The van der Waals surface area contributed by atoms with Crippen molar-refractivity contribution in [3.8, 4) is 35.2 Å². The smallest absolute Gasteiger partial charge is 0.120 e. The van der Waals surface area contributed by atoms with Crippen molar-refractivity contribution < 1.29 is 9.47 Å². The van der Waals surface area contributed by atoms with Gasteiger partial charge in [-0.3, -0.25) is 0 Å². The third-order valence-electron chi connectivity index (χ3n) is 4.00. The number of benzene rings is 3. The maximum Gasteiger partial charge on any atom is 0.120 e. The lowest BCUT2D eigenvalue weighted by Crippen LogP contribution is -1.84. The lowest BCUT2D eigenvalue weighted by atomic mass is 10.1. The van der Waals surface area contributed by atoms with E-state index in [1.165, 1.54) is 0 Å². The maximum atomic E-state index is 5.26. The first-order chi connectivity index (χ1) is 13.8. The van der Waals surface area contributed by atoms with Gasteiger partial charge in [0, 0.05) is 22.8 Å². The number of allylic oxidation sites excluding steroid dienone is 2. The molecule has 0 N–H and O–H groups in total. The Morgan fingerprint density at radius 1 is 0.714 bits per heavy atom. The summed E-state index contributed by atoms with van der Waals surface area (Å²) in [5, 5.41) is 0. The molecular weight excluding hydrogens is 344 g/mol. The van der Waals surface area contributed by atoms with Crippen LogP contribution in [0.15, 0.2) is 84.9 Å². The molecule has 0 heterocycles. The van der Waals surface area contributed by atoms with Gasteiger partial charge >= 0.3 is 0 Å². The highest BCUT2D eigenvalue weighted by atomic mass is 16.5. The average molecular weight is 364 g/mol. The molecule has 0 saturated heterocycles. The fourth-order valence-corrected chi connectivity index (χ4v) is 2.54. The summed E-state index contributed by atoms with van der Waals surface area (Å²) in [4.78, 5) is 0. The Bertz CT molecular complexity index is 1090. The van der Waals surface area contributed by atoms with Crippen molar-refractivity contribution in [2.45, 2.75) is 0 Å². The highest BCUT2D eigenvalue weighted by molar-refractivity contribution is 5.81. The number of methoxy groups -OCH3 is 2. The van der Waals surface area contributed by atoms with E-state index in [-0.39, 0.29) is 0 Å². The standard InChI is InChI=1S/C26H20O2/c1-27-25-15-7-10-21(19-25)9-6-14-24(23-12-4-3-5-13-23)18-17-22-11-8-16-26(20-22)28-2/h3-5,7-8,10-16,19-20H,1-2H3/b24-14-. The molecule has 0 spiro atoms. The van der Waals surface area contributed by atoms with Crippen LogP contribution < -0.4 is 9.47 Å². The Kier molecular flexibility index (Phi) is 6.56. The van der Waals surface area contributed by atoms with Gasteiger partial charge in [-0.1, -0.05) is 66.1 Å². The summed E-state index contributed by atoms with van der Waals surface area (Å²) in [6.45, 7) is 0. The molecule has 0 aliphatic carbocycles. The SMILES string of the molecule is COc1cccc(C#C/C=C(/C#Cc2cccc(OC)c2)c2ccccc2)c1. The zero-order valence-electron chi connectivity index (χ0n) is 15.9. The second kappa shape index (κ2) is 9.72. The maximum absolute atomic E-state index is 5.26. The van der Waals surface area contributed by atoms with Gasteiger partial charge in [0.15, 0.2) is 0 Å². The number of ether oxygens (including phenoxy) is 2. The lowest BCUT2D eigenvalue weighted by molar-refractivity contribution is 0.414. The van der Waals surface area contributed by atoms with Gasteiger partial charge in [-0.25, -0.2) is 0 Å². The van der Waals surface area contributed by atoms with E-state index >= 15 is 0 Å². The summed E-state index contributed by atoms with van der Waals surface area (Å²) >= 11 is 0. The van der Waals surface area contributed by atoms with Crippen LogP contribution in [0.3, 0.4) is 0 Å². The molecule has 0 amide bonds. The largest absolute Gasteiger partial charge is 0.497 e. The van der Waals surface area contributed by atoms with E-state index in [9.17, 15) is 0 Å². The molecular formula is C26H20O2. The van der Waals surface area contributed by atoms with Crippen LogP contribution in [-0.2, 0) is 0 Å². The Balaban J connectivity index is 1.93. The van der Waals surface area contributed by atoms with E-state index in [1.54, 1.807) is 14.2 Å². The normalized spacial score (nSPS) is 10.1. The van der Waals surface area contributed by atoms with Crippen LogP contribution in [0.5, 0.6) is 11.5 Å². The Morgan fingerprint density at radius 2 is 1.32 bits per heavy atom. The van der Waals surface area contributed by atoms with Crippen molar-refractivity contribution in [2.24, 2.45) is 0 Å². The van der Waals surface area contributed by atoms with Crippen LogP contribution in [0.2, 0.25) is 0 Å². The molecule has 0 fully saturated rings. The van der Waals surface area contributed by atoms with E-state index in [0.717, 1.165) is 33.8 Å². The summed E-state index contributed by atoms with van der Waals surface area (Å²) in [7, 11) is 3.30. The van der Waals surface area contributed by atoms with Crippen LogP contribution in [0, 0.1) is 23.7 Å². The highest BCUT2D eigenvalue weighted by Crippen LogP contribution is 2.15. The fourth-order valence-electron chi connectivity index (χ4n) is 2.54. The van der Waals surface area contributed by atoms with Gasteiger partial charge in [0.25, 0.3) is 0 Å². The summed E-state index contributed by atoms with van der Waals surface area (Å²) in [6, 6.07) is 25.4. The van der Waals surface area contributed by atoms with Gasteiger partial charge < -0.3 is 9.47 Å². The molecule has 3 rings (SSSR count). The van der Waals surface area contributed by atoms with Crippen LogP contribution in [0.25, 0.3) is 5.57 Å². The molecule has 3 aromatic carbocycles. The van der Waals surface area contributed by atoms with Crippen LogP contribution in [0.4, 0.5) is 0 Å². The van der Waals surface area contributed by atoms with Crippen molar-refractivity contribution in [1.29, 1.82) is 0 Å².